The third-order valence-corrected chi connectivity index (χ3v) is 9.60. The maximum Gasteiger partial charge on any atom is 0.338 e. The fraction of sp³-hybridized carbons (Fsp3) is 0.585. The van der Waals surface area contributed by atoms with Gasteiger partial charge in [0, 0.05) is 11.1 Å². The summed E-state index contributed by atoms with van der Waals surface area (Å²) in [6.07, 6.45) is 10.8. The lowest BCUT2D eigenvalue weighted by Gasteiger charge is -2.29. The van der Waals surface area contributed by atoms with Crippen molar-refractivity contribution in [2.45, 2.75) is 129 Å². The first kappa shape index (κ1) is 38.3. The molecule has 2 aromatic rings. The number of hydrogen-bond acceptors (Lipinski definition) is 8. The van der Waals surface area contributed by atoms with Crippen molar-refractivity contribution in [3.05, 3.63) is 71.8 Å². The molecule has 0 bridgehead atoms. The second-order valence-corrected chi connectivity index (χ2v) is 13.6. The van der Waals surface area contributed by atoms with Crippen LogP contribution >= 0.6 is 0 Å². The Morgan fingerprint density at radius 3 is 1.65 bits per heavy atom. The highest BCUT2D eigenvalue weighted by molar-refractivity contribution is 5.87. The van der Waals surface area contributed by atoms with Gasteiger partial charge < -0.3 is 23.7 Å². The van der Waals surface area contributed by atoms with E-state index in [1.807, 2.05) is 38.1 Å². The zero-order valence-electron chi connectivity index (χ0n) is 29.8. The van der Waals surface area contributed by atoms with E-state index in [1.165, 1.54) is 50.5 Å². The molecule has 0 radical (unpaired) electrons. The Bertz CT molecular complexity index is 1300. The van der Waals surface area contributed by atoms with Crippen molar-refractivity contribution >= 4 is 17.9 Å². The first-order chi connectivity index (χ1) is 23.8. The molecular weight excluding hydrogens is 620 g/mol. The molecule has 2 fully saturated rings. The fourth-order valence-electron chi connectivity index (χ4n) is 6.50. The van der Waals surface area contributed by atoms with Crippen LogP contribution < -0.4 is 0 Å². The number of carbonyl (C=O) groups is 3. The molecular formula is C41H56O8. The van der Waals surface area contributed by atoms with E-state index < -0.39 is 30.4 Å². The molecule has 0 aromatic heterocycles. The quantitative estimate of drug-likeness (QED) is 0.0629. The van der Waals surface area contributed by atoms with Crippen LogP contribution in [0.3, 0.4) is 0 Å². The molecule has 2 aromatic carbocycles. The molecule has 268 valence electrons. The van der Waals surface area contributed by atoms with Gasteiger partial charge in [0.15, 0.2) is 18.5 Å². The zero-order chi connectivity index (χ0) is 35.0. The SMILES string of the molecule is C=C(C)C(=O)OCCCCCC[C@H]1CC[C@H](c2ccc(-c3ccc(C4O[C@@H](C(=O)OCCCC)[C@H](C(=O)OCCCC)O4)cc3)cc2)CC1. The Morgan fingerprint density at radius 2 is 1.14 bits per heavy atom. The molecule has 1 heterocycles. The summed E-state index contributed by atoms with van der Waals surface area (Å²) >= 11 is 0. The molecule has 8 nitrogen and oxygen atoms in total. The highest BCUT2D eigenvalue weighted by atomic mass is 16.8. The Kier molecular flexibility index (Phi) is 15.8. The number of hydrogen-bond donors (Lipinski definition) is 0. The van der Waals surface area contributed by atoms with Crippen LogP contribution in [0.4, 0.5) is 0 Å². The average Bonchev–Trinajstić information content (AvgIpc) is 3.58. The summed E-state index contributed by atoms with van der Waals surface area (Å²) in [6, 6.07) is 16.8. The van der Waals surface area contributed by atoms with E-state index in [2.05, 4.69) is 30.8 Å². The van der Waals surface area contributed by atoms with Crippen LogP contribution in [0.25, 0.3) is 11.1 Å². The Balaban J connectivity index is 1.24. The van der Waals surface area contributed by atoms with Gasteiger partial charge >= 0.3 is 17.9 Å². The van der Waals surface area contributed by atoms with Gasteiger partial charge in [0.2, 0.25) is 0 Å². The van der Waals surface area contributed by atoms with Gasteiger partial charge in [-0.3, -0.25) is 0 Å². The summed E-state index contributed by atoms with van der Waals surface area (Å²) in [4.78, 5) is 37.1. The van der Waals surface area contributed by atoms with E-state index >= 15 is 0 Å². The lowest BCUT2D eigenvalue weighted by Crippen LogP contribution is -2.39. The maximum absolute atomic E-state index is 12.8. The molecule has 0 amide bonds. The summed E-state index contributed by atoms with van der Waals surface area (Å²) in [7, 11) is 0. The zero-order valence-corrected chi connectivity index (χ0v) is 29.8. The van der Waals surface area contributed by atoms with E-state index in [4.69, 9.17) is 23.7 Å². The molecule has 1 aliphatic heterocycles. The van der Waals surface area contributed by atoms with Gasteiger partial charge in [-0.1, -0.05) is 107 Å². The third kappa shape index (κ3) is 11.8. The van der Waals surface area contributed by atoms with Crippen LogP contribution in [0.5, 0.6) is 0 Å². The van der Waals surface area contributed by atoms with Crippen LogP contribution in [0, 0.1) is 5.92 Å². The van der Waals surface area contributed by atoms with Crippen molar-refractivity contribution in [3.8, 4) is 11.1 Å². The Morgan fingerprint density at radius 1 is 0.653 bits per heavy atom. The summed E-state index contributed by atoms with van der Waals surface area (Å²) in [6.45, 7) is 10.3. The number of rotatable bonds is 19. The number of esters is 3. The minimum absolute atomic E-state index is 0.270. The van der Waals surface area contributed by atoms with Crippen LogP contribution in [-0.4, -0.2) is 49.9 Å². The molecule has 0 N–H and O–H groups in total. The maximum atomic E-state index is 12.8. The summed E-state index contributed by atoms with van der Waals surface area (Å²) in [5.74, 6) is -0.0815. The topological polar surface area (TPSA) is 97.4 Å². The van der Waals surface area contributed by atoms with E-state index in [-0.39, 0.29) is 19.2 Å². The Labute approximate surface area is 292 Å². The normalized spacial score (nSPS) is 20.9. The van der Waals surface area contributed by atoms with E-state index in [1.54, 1.807) is 6.92 Å². The van der Waals surface area contributed by atoms with Gasteiger partial charge in [-0.2, -0.15) is 0 Å². The van der Waals surface area contributed by atoms with Crippen molar-refractivity contribution in [1.29, 1.82) is 0 Å². The van der Waals surface area contributed by atoms with Gasteiger partial charge in [0.1, 0.15) is 0 Å². The van der Waals surface area contributed by atoms with Gasteiger partial charge in [0.05, 0.1) is 19.8 Å². The van der Waals surface area contributed by atoms with Crippen LogP contribution in [-0.2, 0) is 38.1 Å². The van der Waals surface area contributed by atoms with Gasteiger partial charge in [-0.25, -0.2) is 14.4 Å². The highest BCUT2D eigenvalue weighted by Crippen LogP contribution is 2.39. The smallest absolute Gasteiger partial charge is 0.338 e. The lowest BCUT2D eigenvalue weighted by molar-refractivity contribution is -0.163. The molecule has 1 saturated carbocycles. The molecule has 1 aliphatic carbocycles. The molecule has 49 heavy (non-hydrogen) atoms. The molecule has 0 unspecified atom stereocenters. The van der Waals surface area contributed by atoms with E-state index in [0.29, 0.717) is 18.1 Å². The largest absolute Gasteiger partial charge is 0.464 e. The Hall–Kier alpha value is -3.49. The second kappa shape index (κ2) is 20.2. The van der Waals surface area contributed by atoms with Crippen molar-refractivity contribution < 1.29 is 38.1 Å². The number of unbranched alkanes of at least 4 members (excludes halogenated alkanes) is 5. The molecule has 1 saturated heterocycles. The fourth-order valence-corrected chi connectivity index (χ4v) is 6.50. The first-order valence-corrected chi connectivity index (χ1v) is 18.5. The predicted octanol–water partition coefficient (Wildman–Crippen LogP) is 9.17. The molecule has 0 spiro atoms. The van der Waals surface area contributed by atoms with Crippen LogP contribution in [0.1, 0.15) is 128 Å². The highest BCUT2D eigenvalue weighted by Gasteiger charge is 2.47. The summed E-state index contributed by atoms with van der Waals surface area (Å²) in [5, 5.41) is 0. The minimum Gasteiger partial charge on any atom is -0.464 e. The van der Waals surface area contributed by atoms with Crippen molar-refractivity contribution in [1.82, 2.24) is 0 Å². The second-order valence-electron chi connectivity index (χ2n) is 13.6. The van der Waals surface area contributed by atoms with Gasteiger partial charge in [-0.05, 0) is 80.4 Å². The monoisotopic (exact) mass is 676 g/mol. The number of benzene rings is 2. The van der Waals surface area contributed by atoms with Crippen molar-refractivity contribution in [2.24, 2.45) is 5.92 Å². The van der Waals surface area contributed by atoms with Crippen molar-refractivity contribution in [2.75, 3.05) is 19.8 Å². The van der Waals surface area contributed by atoms with E-state index in [0.717, 1.165) is 61.1 Å². The lowest BCUT2D eigenvalue weighted by atomic mass is 9.77. The first-order valence-electron chi connectivity index (χ1n) is 18.5. The van der Waals surface area contributed by atoms with Gasteiger partial charge in [0.25, 0.3) is 0 Å². The third-order valence-electron chi connectivity index (χ3n) is 9.60. The summed E-state index contributed by atoms with van der Waals surface area (Å²) < 4.78 is 27.8. The van der Waals surface area contributed by atoms with Gasteiger partial charge in [-0.15, -0.1) is 0 Å². The molecule has 2 atom stereocenters. The number of ether oxygens (including phenoxy) is 5. The summed E-state index contributed by atoms with van der Waals surface area (Å²) in [5.41, 5.74) is 4.78. The molecule has 8 heteroatoms. The van der Waals surface area contributed by atoms with Crippen molar-refractivity contribution in [3.63, 3.8) is 0 Å². The molecule has 2 aliphatic rings. The minimum atomic E-state index is -1.17. The standard InChI is InChI=1S/C41H56O8/c1-5-7-26-46-39(43)36-37(40(44)47-27-8-6-2)49-41(48-36)35-24-22-34(23-25-35)33-20-18-32(19-21-33)31-16-14-30(15-17-31)13-11-9-10-12-28-45-38(42)29(3)4/h18-25,30-31,36-37,41H,3,5-17,26-28H2,1-2,4H3/t30-,31-,36-,37-/m1/s1. The predicted molar refractivity (Wildman–Crippen MR) is 190 cm³/mol. The average molecular weight is 677 g/mol. The van der Waals surface area contributed by atoms with Crippen LogP contribution in [0.2, 0.25) is 0 Å². The van der Waals surface area contributed by atoms with Crippen LogP contribution in [0.15, 0.2) is 60.7 Å². The van der Waals surface area contributed by atoms with E-state index in [9.17, 15) is 14.4 Å². The molecule has 4 rings (SSSR count). The number of carbonyl (C=O) groups excluding carboxylic acids is 3.